The molecule has 2 atom stereocenters. The lowest BCUT2D eigenvalue weighted by molar-refractivity contribution is -0.141. The molecule has 110 valence electrons. The number of hydrogen-bond donors (Lipinski definition) is 1. The highest BCUT2D eigenvalue weighted by Crippen LogP contribution is 2.18. The van der Waals surface area contributed by atoms with Crippen LogP contribution < -0.4 is 0 Å². The molecule has 1 N–H and O–H groups in total. The summed E-state index contributed by atoms with van der Waals surface area (Å²) in [4.78, 5) is 16.6. The Kier molecular flexibility index (Phi) is 5.60. The molecule has 2 unspecified atom stereocenters. The Balaban J connectivity index is 1.80. The second kappa shape index (κ2) is 7.22. The van der Waals surface area contributed by atoms with Crippen molar-refractivity contribution < 1.29 is 14.6 Å². The molecule has 0 aromatic carbocycles. The smallest absolute Gasteiger partial charge is 0.228 e. The molecule has 2 saturated heterocycles. The monoisotopic (exact) mass is 270 g/mol. The van der Waals surface area contributed by atoms with Crippen LogP contribution in [0.3, 0.4) is 0 Å². The lowest BCUT2D eigenvalue weighted by atomic mass is 10.00. The van der Waals surface area contributed by atoms with E-state index in [0.717, 1.165) is 52.0 Å². The molecule has 0 radical (unpaired) electrons. The molecule has 19 heavy (non-hydrogen) atoms. The molecule has 2 rings (SSSR count). The van der Waals surface area contributed by atoms with Crippen molar-refractivity contribution in [3.05, 3.63) is 0 Å². The third-order valence-corrected chi connectivity index (χ3v) is 4.33. The average molecular weight is 270 g/mol. The number of rotatable bonds is 4. The standard InChI is InChI=1S/C14H26N2O3/c1-2-13(10-17)15-5-7-16(8-6-15)14(18)12-4-3-9-19-11-12/h12-13,17H,2-11H2,1H3. The molecule has 0 aliphatic carbocycles. The Bertz CT molecular complexity index is 280. The number of aliphatic hydroxyl groups excluding tert-OH is 1. The minimum absolute atomic E-state index is 0.0695. The number of ether oxygens (including phenoxy) is 1. The van der Waals surface area contributed by atoms with Gasteiger partial charge in [0, 0.05) is 38.8 Å². The zero-order chi connectivity index (χ0) is 13.7. The van der Waals surface area contributed by atoms with Gasteiger partial charge in [0.15, 0.2) is 0 Å². The number of aliphatic hydroxyl groups is 1. The Labute approximate surface area is 115 Å². The maximum absolute atomic E-state index is 12.3. The average Bonchev–Trinajstić information content (AvgIpc) is 2.49. The Hall–Kier alpha value is -0.650. The summed E-state index contributed by atoms with van der Waals surface area (Å²) in [6.45, 7) is 7.01. The first kappa shape index (κ1) is 14.8. The van der Waals surface area contributed by atoms with Crippen molar-refractivity contribution in [2.24, 2.45) is 5.92 Å². The minimum atomic E-state index is 0.0695. The van der Waals surface area contributed by atoms with Crippen molar-refractivity contribution in [3.63, 3.8) is 0 Å². The van der Waals surface area contributed by atoms with Crippen molar-refractivity contribution in [3.8, 4) is 0 Å². The van der Waals surface area contributed by atoms with Crippen LogP contribution in [0.4, 0.5) is 0 Å². The minimum Gasteiger partial charge on any atom is -0.395 e. The van der Waals surface area contributed by atoms with Gasteiger partial charge in [0.1, 0.15) is 0 Å². The van der Waals surface area contributed by atoms with Crippen molar-refractivity contribution in [2.45, 2.75) is 32.2 Å². The van der Waals surface area contributed by atoms with Gasteiger partial charge >= 0.3 is 0 Å². The highest BCUT2D eigenvalue weighted by atomic mass is 16.5. The van der Waals surface area contributed by atoms with Gasteiger partial charge in [-0.1, -0.05) is 6.92 Å². The van der Waals surface area contributed by atoms with Crippen molar-refractivity contribution in [1.29, 1.82) is 0 Å². The second-order valence-electron chi connectivity index (χ2n) is 5.52. The predicted octanol–water partition coefficient (Wildman–Crippen LogP) is 0.328. The summed E-state index contributed by atoms with van der Waals surface area (Å²) >= 11 is 0. The van der Waals surface area contributed by atoms with Gasteiger partial charge in [0.05, 0.1) is 19.1 Å². The van der Waals surface area contributed by atoms with E-state index in [-0.39, 0.29) is 24.5 Å². The molecule has 2 aliphatic heterocycles. The van der Waals surface area contributed by atoms with Crippen molar-refractivity contribution in [2.75, 3.05) is 46.0 Å². The summed E-state index contributed by atoms with van der Waals surface area (Å²) in [6.07, 6.45) is 2.92. The normalized spacial score (nSPS) is 27.3. The Morgan fingerprint density at radius 3 is 2.63 bits per heavy atom. The Morgan fingerprint density at radius 1 is 1.37 bits per heavy atom. The maximum Gasteiger partial charge on any atom is 0.228 e. The van der Waals surface area contributed by atoms with Crippen LogP contribution in [0.2, 0.25) is 0 Å². The molecule has 2 aliphatic rings. The van der Waals surface area contributed by atoms with Crippen LogP contribution in [0.25, 0.3) is 0 Å². The first-order chi connectivity index (χ1) is 9.26. The number of carbonyl (C=O) groups is 1. The molecule has 2 heterocycles. The summed E-state index contributed by atoms with van der Waals surface area (Å²) in [7, 11) is 0. The predicted molar refractivity (Wildman–Crippen MR) is 72.9 cm³/mol. The molecule has 5 nitrogen and oxygen atoms in total. The quantitative estimate of drug-likeness (QED) is 0.800. The number of nitrogens with zero attached hydrogens (tertiary/aromatic N) is 2. The summed E-state index contributed by atoms with van der Waals surface area (Å²) < 4.78 is 5.40. The van der Waals surface area contributed by atoms with Gasteiger partial charge in [-0.05, 0) is 19.3 Å². The maximum atomic E-state index is 12.3. The molecule has 0 saturated carbocycles. The van der Waals surface area contributed by atoms with E-state index >= 15 is 0 Å². The molecule has 0 spiro atoms. The number of carbonyl (C=O) groups excluding carboxylic acids is 1. The molecular formula is C14H26N2O3. The Morgan fingerprint density at radius 2 is 2.11 bits per heavy atom. The van der Waals surface area contributed by atoms with Crippen LogP contribution in [0.1, 0.15) is 26.2 Å². The van der Waals surface area contributed by atoms with E-state index in [1.165, 1.54) is 0 Å². The molecule has 2 fully saturated rings. The number of hydrogen-bond acceptors (Lipinski definition) is 4. The molecule has 0 aromatic rings. The second-order valence-corrected chi connectivity index (χ2v) is 5.52. The van der Waals surface area contributed by atoms with Crippen LogP contribution in [0.5, 0.6) is 0 Å². The third-order valence-electron chi connectivity index (χ3n) is 4.33. The SMILES string of the molecule is CCC(CO)N1CCN(C(=O)C2CCCOC2)CC1. The first-order valence-electron chi connectivity index (χ1n) is 7.47. The van der Waals surface area contributed by atoms with Gasteiger partial charge in [0.25, 0.3) is 0 Å². The molecular weight excluding hydrogens is 244 g/mol. The summed E-state index contributed by atoms with van der Waals surface area (Å²) in [5, 5.41) is 9.32. The van der Waals surface area contributed by atoms with E-state index in [1.807, 2.05) is 4.90 Å². The first-order valence-corrected chi connectivity index (χ1v) is 7.47. The van der Waals surface area contributed by atoms with Crippen LogP contribution in [-0.2, 0) is 9.53 Å². The van der Waals surface area contributed by atoms with E-state index < -0.39 is 0 Å². The van der Waals surface area contributed by atoms with Gasteiger partial charge in [0.2, 0.25) is 5.91 Å². The zero-order valence-electron chi connectivity index (χ0n) is 11.9. The van der Waals surface area contributed by atoms with Gasteiger partial charge < -0.3 is 14.7 Å². The van der Waals surface area contributed by atoms with E-state index in [4.69, 9.17) is 4.74 Å². The van der Waals surface area contributed by atoms with Gasteiger partial charge in [-0.15, -0.1) is 0 Å². The van der Waals surface area contributed by atoms with Gasteiger partial charge in [-0.3, -0.25) is 9.69 Å². The van der Waals surface area contributed by atoms with Crippen LogP contribution in [-0.4, -0.2) is 72.9 Å². The van der Waals surface area contributed by atoms with Crippen molar-refractivity contribution in [1.82, 2.24) is 9.80 Å². The number of amides is 1. The van der Waals surface area contributed by atoms with E-state index in [2.05, 4.69) is 11.8 Å². The van der Waals surface area contributed by atoms with Crippen LogP contribution >= 0.6 is 0 Å². The molecule has 5 heteroatoms. The largest absolute Gasteiger partial charge is 0.395 e. The fourth-order valence-corrected chi connectivity index (χ4v) is 3.00. The van der Waals surface area contributed by atoms with E-state index in [9.17, 15) is 9.90 Å². The molecule has 1 amide bonds. The highest BCUT2D eigenvalue weighted by molar-refractivity contribution is 5.79. The zero-order valence-corrected chi connectivity index (χ0v) is 11.9. The van der Waals surface area contributed by atoms with Crippen LogP contribution in [0, 0.1) is 5.92 Å². The number of piperazine rings is 1. The molecule has 0 aromatic heterocycles. The van der Waals surface area contributed by atoms with Gasteiger partial charge in [-0.25, -0.2) is 0 Å². The van der Waals surface area contributed by atoms with Crippen molar-refractivity contribution >= 4 is 5.91 Å². The fraction of sp³-hybridized carbons (Fsp3) is 0.929. The fourth-order valence-electron chi connectivity index (χ4n) is 3.00. The van der Waals surface area contributed by atoms with E-state index in [1.54, 1.807) is 0 Å². The summed E-state index contributed by atoms with van der Waals surface area (Å²) in [5.41, 5.74) is 0. The van der Waals surface area contributed by atoms with E-state index in [0.29, 0.717) is 6.61 Å². The topological polar surface area (TPSA) is 53.0 Å². The highest BCUT2D eigenvalue weighted by Gasteiger charge is 2.30. The molecule has 0 bridgehead atoms. The lowest BCUT2D eigenvalue weighted by Crippen LogP contribution is -2.54. The summed E-state index contributed by atoms with van der Waals surface area (Å²) in [5.74, 6) is 0.330. The lowest BCUT2D eigenvalue weighted by Gasteiger charge is -2.39. The third kappa shape index (κ3) is 3.68. The van der Waals surface area contributed by atoms with Gasteiger partial charge in [-0.2, -0.15) is 0 Å². The summed E-state index contributed by atoms with van der Waals surface area (Å²) in [6, 6.07) is 0.246. The van der Waals surface area contributed by atoms with Crippen LogP contribution in [0.15, 0.2) is 0 Å².